The normalized spacial score (nSPS) is 17.6. The van der Waals surface area contributed by atoms with Crippen LogP contribution in [0.3, 0.4) is 0 Å². The smallest absolute Gasteiger partial charge is 0.278 e. The maximum atomic E-state index is 13.0. The van der Waals surface area contributed by atoms with Gasteiger partial charge in [-0.2, -0.15) is 0 Å². The zero-order valence-electron chi connectivity index (χ0n) is 17.1. The van der Waals surface area contributed by atoms with E-state index >= 15 is 0 Å². The number of benzene rings is 2. The van der Waals surface area contributed by atoms with Crippen LogP contribution in [-0.2, 0) is 17.8 Å². The Kier molecular flexibility index (Phi) is 4.76. The van der Waals surface area contributed by atoms with Crippen LogP contribution in [0.25, 0.3) is 10.9 Å². The van der Waals surface area contributed by atoms with Gasteiger partial charge >= 0.3 is 0 Å². The fraction of sp³-hybridized carbons (Fsp3) is 0.375. The number of quaternary nitrogens is 1. The molecule has 5 rings (SSSR count). The minimum Gasteiger partial charge on any atom is -0.360 e. The summed E-state index contributed by atoms with van der Waals surface area (Å²) in [6.07, 6.45) is 0.923. The first-order valence-corrected chi connectivity index (χ1v) is 10.7. The van der Waals surface area contributed by atoms with Gasteiger partial charge < -0.3 is 19.7 Å². The van der Waals surface area contributed by atoms with Crippen molar-refractivity contribution in [2.75, 3.05) is 44.2 Å². The topological polar surface area (TPSA) is 43.8 Å². The number of para-hydroxylation sites is 1. The lowest BCUT2D eigenvalue weighted by atomic mass is 10.0. The van der Waals surface area contributed by atoms with Gasteiger partial charge in [-0.3, -0.25) is 4.79 Å². The number of aryl methyl sites for hydroxylation is 1. The molecule has 2 aliphatic heterocycles. The molecular formula is C24H29N4O+. The quantitative estimate of drug-likeness (QED) is 0.717. The molecule has 3 aromatic rings. The van der Waals surface area contributed by atoms with Crippen molar-refractivity contribution in [3.05, 3.63) is 65.4 Å². The van der Waals surface area contributed by atoms with Gasteiger partial charge in [0.15, 0.2) is 6.54 Å². The number of anilines is 1. The van der Waals surface area contributed by atoms with Crippen LogP contribution in [0.2, 0.25) is 0 Å². The highest BCUT2D eigenvalue weighted by Crippen LogP contribution is 2.28. The number of carbonyl (C=O) groups is 1. The molecule has 0 bridgehead atoms. The lowest BCUT2D eigenvalue weighted by Crippen LogP contribution is -3.15. The second-order valence-corrected chi connectivity index (χ2v) is 8.45. The number of hydrogen-bond acceptors (Lipinski definition) is 2. The molecule has 1 fully saturated rings. The third kappa shape index (κ3) is 3.62. The largest absolute Gasteiger partial charge is 0.360 e. The number of H-pyrrole nitrogens is 1. The zero-order valence-corrected chi connectivity index (χ0v) is 17.1. The fourth-order valence-electron chi connectivity index (χ4n) is 4.76. The Balaban J connectivity index is 1.21. The molecule has 2 N–H and O–H groups in total. The number of rotatable bonds is 3. The average Bonchev–Trinajstić information content (AvgIpc) is 3.12. The number of hydrogen-bond donors (Lipinski definition) is 2. The van der Waals surface area contributed by atoms with Gasteiger partial charge in [-0.15, -0.1) is 0 Å². The van der Waals surface area contributed by atoms with Crippen molar-refractivity contribution in [1.82, 2.24) is 9.88 Å². The van der Waals surface area contributed by atoms with Gasteiger partial charge in [-0.05, 0) is 31.2 Å². The van der Waals surface area contributed by atoms with Gasteiger partial charge in [0.25, 0.3) is 5.91 Å². The Morgan fingerprint density at radius 3 is 2.66 bits per heavy atom. The highest BCUT2D eigenvalue weighted by molar-refractivity contribution is 5.86. The van der Waals surface area contributed by atoms with E-state index in [0.29, 0.717) is 12.5 Å². The summed E-state index contributed by atoms with van der Waals surface area (Å²) < 4.78 is 0. The number of amides is 1. The zero-order chi connectivity index (χ0) is 19.8. The molecular weight excluding hydrogens is 360 g/mol. The van der Waals surface area contributed by atoms with Gasteiger partial charge in [0, 0.05) is 47.4 Å². The molecule has 5 nitrogen and oxygen atoms in total. The summed E-state index contributed by atoms with van der Waals surface area (Å²) in [6.45, 7) is 8.36. The van der Waals surface area contributed by atoms with E-state index in [9.17, 15) is 4.79 Å². The Labute approximate surface area is 171 Å². The van der Waals surface area contributed by atoms with E-state index in [0.717, 1.165) is 45.7 Å². The molecule has 1 amide bonds. The molecule has 0 unspecified atom stereocenters. The van der Waals surface area contributed by atoms with E-state index in [1.807, 2.05) is 0 Å². The molecule has 150 valence electrons. The van der Waals surface area contributed by atoms with Crippen molar-refractivity contribution in [1.29, 1.82) is 0 Å². The van der Waals surface area contributed by atoms with E-state index < -0.39 is 0 Å². The van der Waals surface area contributed by atoms with Crippen LogP contribution in [0.5, 0.6) is 0 Å². The lowest BCUT2D eigenvalue weighted by molar-refractivity contribution is -0.892. The van der Waals surface area contributed by atoms with Crippen molar-refractivity contribution >= 4 is 22.5 Å². The van der Waals surface area contributed by atoms with Crippen LogP contribution < -0.4 is 9.80 Å². The van der Waals surface area contributed by atoms with Crippen molar-refractivity contribution in [3.8, 4) is 0 Å². The van der Waals surface area contributed by atoms with Gasteiger partial charge in [0.1, 0.15) is 0 Å². The van der Waals surface area contributed by atoms with Crippen molar-refractivity contribution in [3.63, 3.8) is 0 Å². The van der Waals surface area contributed by atoms with Gasteiger partial charge in [0.05, 0.1) is 26.2 Å². The number of carbonyl (C=O) groups excluding carboxylic acids is 1. The highest BCUT2D eigenvalue weighted by atomic mass is 16.2. The molecule has 3 heterocycles. The summed E-state index contributed by atoms with van der Waals surface area (Å²) in [4.78, 5) is 22.5. The van der Waals surface area contributed by atoms with Crippen molar-refractivity contribution < 1.29 is 9.69 Å². The first kappa shape index (κ1) is 18.3. The number of fused-ring (bicyclic) bond motifs is 3. The number of piperazine rings is 1. The van der Waals surface area contributed by atoms with E-state index in [2.05, 4.69) is 70.2 Å². The predicted octanol–water partition coefficient (Wildman–Crippen LogP) is 1.77. The predicted molar refractivity (Wildman–Crippen MR) is 116 cm³/mol. The summed E-state index contributed by atoms with van der Waals surface area (Å²) >= 11 is 0. The van der Waals surface area contributed by atoms with Gasteiger partial charge in [-0.1, -0.05) is 29.8 Å². The number of nitrogens with one attached hydrogen (secondary N) is 2. The summed E-state index contributed by atoms with van der Waals surface area (Å²) in [5.41, 5.74) is 6.36. The maximum absolute atomic E-state index is 13.0. The molecule has 29 heavy (non-hydrogen) atoms. The Hall–Kier alpha value is -2.79. The third-order valence-corrected chi connectivity index (χ3v) is 6.48. The standard InChI is InChI=1S/C24H28N4O/c1-18-7-8-22-20(15-18)21-16-28(10-9-23(21)25-22)24(29)17-26-11-13-27(14-12-26)19-5-3-2-4-6-19/h2-8,15,25H,9-14,16-17H2,1H3/p+1. The number of aromatic nitrogens is 1. The molecule has 0 radical (unpaired) electrons. The van der Waals surface area contributed by atoms with E-state index in [-0.39, 0.29) is 0 Å². The summed E-state index contributed by atoms with van der Waals surface area (Å²) in [5, 5.41) is 1.28. The summed E-state index contributed by atoms with van der Waals surface area (Å²) in [5.74, 6) is 0.292. The minimum atomic E-state index is 0.292. The van der Waals surface area contributed by atoms with Crippen LogP contribution in [-0.4, -0.2) is 55.1 Å². The first-order chi connectivity index (χ1) is 14.2. The van der Waals surface area contributed by atoms with Crippen LogP contribution in [0.4, 0.5) is 5.69 Å². The maximum Gasteiger partial charge on any atom is 0.278 e. The molecule has 0 aliphatic carbocycles. The second-order valence-electron chi connectivity index (χ2n) is 8.45. The van der Waals surface area contributed by atoms with Crippen molar-refractivity contribution in [2.24, 2.45) is 0 Å². The van der Waals surface area contributed by atoms with Gasteiger partial charge in [0.2, 0.25) is 0 Å². The second kappa shape index (κ2) is 7.56. The third-order valence-electron chi connectivity index (χ3n) is 6.48. The van der Waals surface area contributed by atoms with Crippen LogP contribution in [0.1, 0.15) is 16.8 Å². The van der Waals surface area contributed by atoms with Crippen molar-refractivity contribution in [2.45, 2.75) is 19.9 Å². The van der Waals surface area contributed by atoms with E-state index in [1.54, 1.807) is 0 Å². The minimum absolute atomic E-state index is 0.292. The van der Waals surface area contributed by atoms with E-state index in [4.69, 9.17) is 0 Å². The Bertz CT molecular complexity index is 1020. The monoisotopic (exact) mass is 389 g/mol. The fourth-order valence-corrected chi connectivity index (χ4v) is 4.76. The molecule has 2 aromatic carbocycles. The van der Waals surface area contributed by atoms with E-state index in [1.165, 1.54) is 38.3 Å². The number of nitrogens with zero attached hydrogens (tertiary/aromatic N) is 2. The number of aromatic amines is 1. The Morgan fingerprint density at radius 2 is 1.86 bits per heavy atom. The lowest BCUT2D eigenvalue weighted by Gasteiger charge is -2.35. The molecule has 1 saturated heterocycles. The Morgan fingerprint density at radius 1 is 1.07 bits per heavy atom. The van der Waals surface area contributed by atoms with Gasteiger partial charge in [-0.25, -0.2) is 0 Å². The molecule has 0 spiro atoms. The van der Waals surface area contributed by atoms with Crippen LogP contribution >= 0.6 is 0 Å². The summed E-state index contributed by atoms with van der Waals surface area (Å²) in [6, 6.07) is 17.1. The SMILES string of the molecule is Cc1ccc2[nH]c3c(c2c1)CN(C(=O)C[NH+]1CCN(c2ccccc2)CC1)CC3. The molecule has 1 aromatic heterocycles. The van der Waals surface area contributed by atoms with Crippen LogP contribution in [0, 0.1) is 6.92 Å². The van der Waals surface area contributed by atoms with Crippen LogP contribution in [0.15, 0.2) is 48.5 Å². The highest BCUT2D eigenvalue weighted by Gasteiger charge is 2.28. The molecule has 0 saturated carbocycles. The first-order valence-electron chi connectivity index (χ1n) is 10.7. The molecule has 5 heteroatoms. The molecule has 2 aliphatic rings. The summed E-state index contributed by atoms with van der Waals surface area (Å²) in [7, 11) is 0. The average molecular weight is 390 g/mol. The molecule has 0 atom stereocenters.